The Labute approximate surface area is 109 Å². The zero-order valence-corrected chi connectivity index (χ0v) is 10.9. The summed E-state index contributed by atoms with van der Waals surface area (Å²) in [7, 11) is 0. The van der Waals surface area contributed by atoms with Gasteiger partial charge in [-0.15, -0.1) is 0 Å². The lowest BCUT2D eigenvalue weighted by Crippen LogP contribution is -2.38. The number of nitrogens with zero attached hydrogens (tertiary/aromatic N) is 1. The number of aryl methyl sites for hydroxylation is 1. The van der Waals surface area contributed by atoms with Crippen LogP contribution in [0.4, 0.5) is 5.69 Å². The fourth-order valence-corrected chi connectivity index (χ4v) is 4.22. The van der Waals surface area contributed by atoms with Gasteiger partial charge in [0.25, 0.3) is 0 Å². The molecular formula is C16H22N2. The Bertz CT molecular complexity index is 442. The minimum absolute atomic E-state index is 0.809. The molecule has 0 saturated carbocycles. The maximum atomic E-state index is 3.76. The van der Waals surface area contributed by atoms with Crippen LogP contribution in [-0.2, 0) is 6.42 Å². The molecule has 3 heterocycles. The summed E-state index contributed by atoms with van der Waals surface area (Å²) in [5.74, 6) is 0.884. The molecule has 1 aromatic carbocycles. The minimum Gasteiger partial charge on any atom is -0.371 e. The standard InChI is InChI=1S/C16H22N2/c1-2-6-16-12(4-1)5-3-9-18(16)11-13-10-14-7-8-15(13)17-14/h1-2,4,6,13-15,17H,3,5,7-11H2. The Morgan fingerprint density at radius 3 is 3.00 bits per heavy atom. The molecule has 3 aliphatic heterocycles. The smallest absolute Gasteiger partial charge is 0.0398 e. The Kier molecular flexibility index (Phi) is 2.58. The van der Waals surface area contributed by atoms with Gasteiger partial charge in [0.15, 0.2) is 0 Å². The molecule has 3 unspecified atom stereocenters. The molecule has 0 spiro atoms. The van der Waals surface area contributed by atoms with Crippen LogP contribution in [0.3, 0.4) is 0 Å². The van der Waals surface area contributed by atoms with Gasteiger partial charge in [0.05, 0.1) is 0 Å². The fourth-order valence-electron chi connectivity index (χ4n) is 4.22. The van der Waals surface area contributed by atoms with Crippen LogP contribution in [0.5, 0.6) is 0 Å². The third-order valence-corrected chi connectivity index (χ3v) is 5.09. The van der Waals surface area contributed by atoms with Crippen LogP contribution in [0.1, 0.15) is 31.2 Å². The first-order chi connectivity index (χ1) is 8.90. The molecular weight excluding hydrogens is 220 g/mol. The SMILES string of the molecule is c1ccc2c(c1)CCCN2CC1CC2CCC1N2. The van der Waals surface area contributed by atoms with Crippen molar-refractivity contribution in [2.24, 2.45) is 5.92 Å². The monoisotopic (exact) mass is 242 g/mol. The zero-order chi connectivity index (χ0) is 11.9. The van der Waals surface area contributed by atoms with Crippen molar-refractivity contribution in [3.8, 4) is 0 Å². The summed E-state index contributed by atoms with van der Waals surface area (Å²) >= 11 is 0. The second-order valence-corrected chi connectivity index (χ2v) is 6.22. The van der Waals surface area contributed by atoms with Crippen molar-refractivity contribution in [2.45, 2.75) is 44.2 Å². The van der Waals surface area contributed by atoms with Gasteiger partial charge in [-0.05, 0) is 49.7 Å². The number of para-hydroxylation sites is 1. The number of anilines is 1. The van der Waals surface area contributed by atoms with Crippen molar-refractivity contribution < 1.29 is 0 Å². The zero-order valence-electron chi connectivity index (χ0n) is 10.9. The van der Waals surface area contributed by atoms with E-state index in [0.29, 0.717) is 0 Å². The predicted molar refractivity (Wildman–Crippen MR) is 75.0 cm³/mol. The molecule has 3 atom stereocenters. The number of hydrogen-bond acceptors (Lipinski definition) is 2. The van der Waals surface area contributed by atoms with E-state index in [1.165, 1.54) is 50.9 Å². The molecule has 1 N–H and O–H groups in total. The normalized spacial score (nSPS) is 33.8. The summed E-state index contributed by atoms with van der Waals surface area (Å²) < 4.78 is 0. The first-order valence-corrected chi connectivity index (χ1v) is 7.49. The molecule has 0 aliphatic carbocycles. The second-order valence-electron chi connectivity index (χ2n) is 6.22. The summed E-state index contributed by atoms with van der Waals surface area (Å²) in [4.78, 5) is 2.64. The fraction of sp³-hybridized carbons (Fsp3) is 0.625. The maximum Gasteiger partial charge on any atom is 0.0398 e. The van der Waals surface area contributed by atoms with Gasteiger partial charge >= 0.3 is 0 Å². The van der Waals surface area contributed by atoms with Crippen LogP contribution in [0.2, 0.25) is 0 Å². The van der Waals surface area contributed by atoms with Crippen molar-refractivity contribution >= 4 is 5.69 Å². The van der Waals surface area contributed by atoms with Crippen LogP contribution in [-0.4, -0.2) is 25.2 Å². The van der Waals surface area contributed by atoms with Crippen molar-refractivity contribution in [3.05, 3.63) is 29.8 Å². The highest BCUT2D eigenvalue weighted by Crippen LogP contribution is 2.36. The van der Waals surface area contributed by atoms with Crippen molar-refractivity contribution in [3.63, 3.8) is 0 Å². The van der Waals surface area contributed by atoms with Crippen LogP contribution in [0.25, 0.3) is 0 Å². The van der Waals surface area contributed by atoms with Gasteiger partial charge in [0, 0.05) is 30.9 Å². The largest absolute Gasteiger partial charge is 0.371 e. The van der Waals surface area contributed by atoms with Gasteiger partial charge in [-0.3, -0.25) is 0 Å². The molecule has 2 fully saturated rings. The second kappa shape index (κ2) is 4.27. The first-order valence-electron chi connectivity index (χ1n) is 7.49. The van der Waals surface area contributed by atoms with Crippen molar-refractivity contribution in [1.29, 1.82) is 0 Å². The lowest BCUT2D eigenvalue weighted by molar-refractivity contribution is 0.401. The van der Waals surface area contributed by atoms with Crippen LogP contribution in [0.15, 0.2) is 24.3 Å². The average Bonchev–Trinajstić information content (AvgIpc) is 3.01. The maximum absolute atomic E-state index is 3.76. The minimum atomic E-state index is 0.809. The molecule has 0 amide bonds. The number of nitrogens with one attached hydrogen (secondary N) is 1. The number of hydrogen-bond donors (Lipinski definition) is 1. The highest BCUT2D eigenvalue weighted by molar-refractivity contribution is 5.55. The van der Waals surface area contributed by atoms with E-state index in [0.717, 1.165) is 18.0 Å². The molecule has 1 aromatic rings. The van der Waals surface area contributed by atoms with Gasteiger partial charge in [-0.1, -0.05) is 18.2 Å². The highest BCUT2D eigenvalue weighted by Gasteiger charge is 2.39. The van der Waals surface area contributed by atoms with Gasteiger partial charge in [0.1, 0.15) is 0 Å². The van der Waals surface area contributed by atoms with Gasteiger partial charge in [0.2, 0.25) is 0 Å². The van der Waals surface area contributed by atoms with Crippen LogP contribution in [0, 0.1) is 5.92 Å². The Balaban J connectivity index is 1.53. The number of rotatable bonds is 2. The number of fused-ring (bicyclic) bond motifs is 3. The van der Waals surface area contributed by atoms with Crippen LogP contribution < -0.4 is 10.2 Å². The van der Waals surface area contributed by atoms with Crippen molar-refractivity contribution in [1.82, 2.24) is 5.32 Å². The van der Waals surface area contributed by atoms with Gasteiger partial charge in [-0.2, -0.15) is 0 Å². The van der Waals surface area contributed by atoms with Crippen molar-refractivity contribution in [2.75, 3.05) is 18.0 Å². The number of benzene rings is 1. The molecule has 2 heteroatoms. The molecule has 18 heavy (non-hydrogen) atoms. The summed E-state index contributed by atoms with van der Waals surface area (Å²) in [6.45, 7) is 2.52. The van der Waals surface area contributed by atoms with E-state index in [1.54, 1.807) is 5.56 Å². The molecule has 2 nitrogen and oxygen atoms in total. The van der Waals surface area contributed by atoms with E-state index >= 15 is 0 Å². The quantitative estimate of drug-likeness (QED) is 0.857. The molecule has 0 radical (unpaired) electrons. The first kappa shape index (κ1) is 10.9. The molecule has 2 bridgehead atoms. The summed E-state index contributed by atoms with van der Waals surface area (Å²) in [6, 6.07) is 10.6. The molecule has 96 valence electrons. The van der Waals surface area contributed by atoms with Gasteiger partial charge < -0.3 is 10.2 Å². The molecule has 0 aromatic heterocycles. The topological polar surface area (TPSA) is 15.3 Å². The lowest BCUT2D eigenvalue weighted by atomic mass is 9.88. The van der Waals surface area contributed by atoms with E-state index in [9.17, 15) is 0 Å². The molecule has 4 rings (SSSR count). The Morgan fingerprint density at radius 1 is 1.22 bits per heavy atom. The summed E-state index contributed by atoms with van der Waals surface area (Å²) in [6.07, 6.45) is 6.82. The highest BCUT2D eigenvalue weighted by atomic mass is 15.2. The Morgan fingerprint density at radius 2 is 2.17 bits per heavy atom. The summed E-state index contributed by atoms with van der Waals surface area (Å²) in [5.41, 5.74) is 3.06. The third-order valence-electron chi connectivity index (χ3n) is 5.09. The molecule has 2 saturated heterocycles. The van der Waals surface area contributed by atoms with E-state index in [4.69, 9.17) is 0 Å². The van der Waals surface area contributed by atoms with E-state index in [1.807, 2.05) is 0 Å². The third kappa shape index (κ3) is 1.74. The average molecular weight is 242 g/mol. The predicted octanol–water partition coefficient (Wildman–Crippen LogP) is 2.58. The van der Waals surface area contributed by atoms with Crippen LogP contribution >= 0.6 is 0 Å². The van der Waals surface area contributed by atoms with E-state index in [-0.39, 0.29) is 0 Å². The van der Waals surface area contributed by atoms with E-state index in [2.05, 4.69) is 34.5 Å². The summed E-state index contributed by atoms with van der Waals surface area (Å²) in [5, 5.41) is 3.76. The Hall–Kier alpha value is -1.02. The van der Waals surface area contributed by atoms with E-state index < -0.39 is 0 Å². The lowest BCUT2D eigenvalue weighted by Gasteiger charge is -2.35. The van der Waals surface area contributed by atoms with Gasteiger partial charge in [-0.25, -0.2) is 0 Å². The molecule has 3 aliphatic rings.